The number of aliphatic imine (C=N–C) groups is 2. The third-order valence-electron chi connectivity index (χ3n) is 8.41. The normalized spacial score (nSPS) is 27.2. The van der Waals surface area contributed by atoms with Crippen molar-refractivity contribution < 1.29 is 9.33 Å². The lowest BCUT2D eigenvalue weighted by Gasteiger charge is -2.46. The predicted octanol–water partition coefficient (Wildman–Crippen LogP) is 5.05. The third kappa shape index (κ3) is 5.32. The van der Waals surface area contributed by atoms with Gasteiger partial charge in [-0.05, 0) is 56.3 Å². The van der Waals surface area contributed by atoms with Crippen LogP contribution in [0.15, 0.2) is 88.9 Å². The van der Waals surface area contributed by atoms with E-state index in [1.165, 1.54) is 64.0 Å². The number of fused-ring (bicyclic) bond motifs is 1. The molecule has 3 aliphatic heterocycles. The Kier molecular flexibility index (Phi) is 7.40. The molecule has 3 heterocycles. The van der Waals surface area contributed by atoms with Crippen LogP contribution in [0.5, 0.6) is 5.75 Å². The van der Waals surface area contributed by atoms with Crippen molar-refractivity contribution in [1.29, 1.82) is 0 Å². The second-order valence-electron chi connectivity index (χ2n) is 11.0. The Bertz CT molecular complexity index is 1210. The van der Waals surface area contributed by atoms with Crippen LogP contribution in [0.1, 0.15) is 31.2 Å². The van der Waals surface area contributed by atoms with Gasteiger partial charge in [0.15, 0.2) is 6.20 Å². The van der Waals surface area contributed by atoms with Crippen LogP contribution in [0.4, 0.5) is 5.69 Å². The molecule has 1 saturated carbocycles. The van der Waals surface area contributed by atoms with Gasteiger partial charge in [0.1, 0.15) is 12.4 Å². The molecule has 0 aromatic heterocycles. The quantitative estimate of drug-likeness (QED) is 0.466. The van der Waals surface area contributed by atoms with Gasteiger partial charge in [0.25, 0.3) is 0 Å². The van der Waals surface area contributed by atoms with Crippen LogP contribution in [0.3, 0.4) is 0 Å². The molecule has 0 amide bonds. The smallest absolute Gasteiger partial charge is 0.225 e. The number of rotatable bonds is 8. The highest BCUT2D eigenvalue weighted by atomic mass is 16.5. The maximum atomic E-state index is 6.24. The highest BCUT2D eigenvalue weighted by molar-refractivity contribution is 5.82. The maximum Gasteiger partial charge on any atom is 0.225 e. The van der Waals surface area contributed by atoms with E-state index in [2.05, 4.69) is 86.6 Å². The first-order chi connectivity index (χ1) is 18.7. The van der Waals surface area contributed by atoms with E-state index >= 15 is 0 Å². The fourth-order valence-corrected chi connectivity index (χ4v) is 6.23. The molecule has 1 atom stereocenters. The molecule has 1 saturated heterocycles. The number of nitrogens with zero attached hydrogens (tertiary/aromatic N) is 6. The molecule has 1 aliphatic carbocycles. The van der Waals surface area contributed by atoms with Crippen molar-refractivity contribution in [3.63, 3.8) is 0 Å². The SMILES string of the molecule is CN1CCN(CC2CCC(N(c3cccc(OCc4ccccc4)c3)[N+]34C=CN=CC3=CN=C4)CC2)CC1. The molecule has 38 heavy (non-hydrogen) atoms. The molecule has 1 unspecified atom stereocenters. The van der Waals surface area contributed by atoms with E-state index in [0.29, 0.717) is 17.2 Å². The highest BCUT2D eigenvalue weighted by Gasteiger charge is 2.46. The molecular weight excluding hydrogens is 472 g/mol. The molecular formula is C31H39N6O+. The van der Waals surface area contributed by atoms with Crippen LogP contribution >= 0.6 is 0 Å². The van der Waals surface area contributed by atoms with E-state index in [4.69, 9.17) is 4.74 Å². The van der Waals surface area contributed by atoms with Gasteiger partial charge < -0.3 is 14.5 Å². The minimum Gasteiger partial charge on any atom is -0.489 e. The van der Waals surface area contributed by atoms with Crippen LogP contribution in [0, 0.1) is 5.92 Å². The molecule has 4 aliphatic rings. The van der Waals surface area contributed by atoms with Crippen molar-refractivity contribution in [1.82, 2.24) is 9.80 Å². The first-order valence-corrected chi connectivity index (χ1v) is 14.0. The standard InChI is InChI=1S/C31H39N6O/c1-34-15-17-35(18-16-34)23-26-10-12-28(13-11-26)36(37-19-14-32-21-30(37)22-33-25-37)29-8-5-9-31(20-29)38-24-27-6-3-2-4-7-27/h2-9,14,19-22,25-26,28H,10-13,15-18,23-24H2,1H3/q+1. The monoisotopic (exact) mass is 511 g/mol. The average Bonchev–Trinajstić information content (AvgIpc) is 3.40. The minimum atomic E-state index is 0.396. The van der Waals surface area contributed by atoms with E-state index in [1.807, 2.05) is 31.0 Å². The fourth-order valence-electron chi connectivity index (χ4n) is 6.23. The van der Waals surface area contributed by atoms with Crippen LogP contribution in [-0.2, 0) is 6.61 Å². The van der Waals surface area contributed by atoms with Gasteiger partial charge in [0, 0.05) is 38.8 Å². The Morgan fingerprint density at radius 2 is 1.76 bits per heavy atom. The molecule has 0 spiro atoms. The van der Waals surface area contributed by atoms with Gasteiger partial charge in [-0.2, -0.15) is 0 Å². The molecule has 2 aromatic carbocycles. The van der Waals surface area contributed by atoms with Crippen LogP contribution < -0.4 is 9.75 Å². The summed E-state index contributed by atoms with van der Waals surface area (Å²) < 4.78 is 6.70. The lowest BCUT2D eigenvalue weighted by atomic mass is 9.85. The maximum absolute atomic E-state index is 6.24. The summed E-state index contributed by atoms with van der Waals surface area (Å²) in [4.78, 5) is 14.1. The first-order valence-electron chi connectivity index (χ1n) is 14.0. The number of hydrogen-bond donors (Lipinski definition) is 0. The zero-order chi connectivity index (χ0) is 25.8. The topological polar surface area (TPSA) is 43.7 Å². The Morgan fingerprint density at radius 3 is 2.58 bits per heavy atom. The summed E-state index contributed by atoms with van der Waals surface area (Å²) in [6.07, 6.45) is 14.8. The number of ether oxygens (including phenoxy) is 1. The van der Waals surface area contributed by atoms with Gasteiger partial charge in [-0.15, -0.1) is 4.59 Å². The van der Waals surface area contributed by atoms with E-state index < -0.39 is 0 Å². The number of benzene rings is 2. The molecule has 198 valence electrons. The molecule has 6 rings (SSSR count). The lowest BCUT2D eigenvalue weighted by molar-refractivity contribution is -0.746. The van der Waals surface area contributed by atoms with Crippen molar-refractivity contribution in [2.45, 2.75) is 38.3 Å². The van der Waals surface area contributed by atoms with E-state index in [1.54, 1.807) is 0 Å². The fraction of sp³-hybridized carbons (Fsp3) is 0.419. The lowest BCUT2D eigenvalue weighted by Crippen LogP contribution is -2.60. The summed E-state index contributed by atoms with van der Waals surface area (Å²) in [5.74, 6) is 1.66. The molecule has 0 bridgehead atoms. The summed E-state index contributed by atoms with van der Waals surface area (Å²) >= 11 is 0. The average molecular weight is 512 g/mol. The summed E-state index contributed by atoms with van der Waals surface area (Å²) in [5.41, 5.74) is 3.39. The van der Waals surface area contributed by atoms with Crippen molar-refractivity contribution in [3.05, 3.63) is 84.5 Å². The van der Waals surface area contributed by atoms with Gasteiger partial charge in [-0.25, -0.2) is 10.0 Å². The Balaban J connectivity index is 1.21. The number of likely N-dealkylation sites (N-methyl/N-ethyl adjacent to an activating group) is 1. The largest absolute Gasteiger partial charge is 0.489 e. The Hall–Kier alpha value is -3.26. The molecule has 7 heteroatoms. The summed E-state index contributed by atoms with van der Waals surface area (Å²) in [5, 5.41) is 2.53. The number of piperazine rings is 1. The van der Waals surface area contributed by atoms with Gasteiger partial charge in [-0.3, -0.25) is 4.99 Å². The van der Waals surface area contributed by atoms with Crippen molar-refractivity contribution in [2.24, 2.45) is 15.9 Å². The van der Waals surface area contributed by atoms with Crippen LogP contribution in [0.25, 0.3) is 0 Å². The van der Waals surface area contributed by atoms with Crippen LogP contribution in [-0.4, -0.2) is 72.8 Å². The van der Waals surface area contributed by atoms with E-state index in [9.17, 15) is 0 Å². The molecule has 0 radical (unpaired) electrons. The van der Waals surface area contributed by atoms with Gasteiger partial charge in [0.2, 0.25) is 12.0 Å². The van der Waals surface area contributed by atoms with E-state index in [0.717, 1.165) is 23.1 Å². The van der Waals surface area contributed by atoms with Gasteiger partial charge in [-0.1, -0.05) is 36.4 Å². The number of anilines is 1. The zero-order valence-corrected chi connectivity index (χ0v) is 22.4. The van der Waals surface area contributed by atoms with Crippen molar-refractivity contribution in [3.8, 4) is 5.75 Å². The summed E-state index contributed by atoms with van der Waals surface area (Å²) in [6, 6.07) is 19.3. The molecule has 7 nitrogen and oxygen atoms in total. The highest BCUT2D eigenvalue weighted by Crippen LogP contribution is 2.39. The van der Waals surface area contributed by atoms with Gasteiger partial charge >= 0.3 is 0 Å². The Morgan fingerprint density at radius 1 is 0.947 bits per heavy atom. The summed E-state index contributed by atoms with van der Waals surface area (Å²) in [6.45, 7) is 6.58. The molecule has 2 aromatic rings. The number of quaternary nitrogens is 1. The van der Waals surface area contributed by atoms with Gasteiger partial charge in [0.05, 0.1) is 30.3 Å². The zero-order valence-electron chi connectivity index (χ0n) is 22.4. The third-order valence-corrected chi connectivity index (χ3v) is 8.41. The number of allylic oxidation sites excluding steroid dienone is 1. The number of hydrogen-bond acceptors (Lipinski definition) is 6. The summed E-state index contributed by atoms with van der Waals surface area (Å²) in [7, 11) is 2.23. The van der Waals surface area contributed by atoms with E-state index in [-0.39, 0.29) is 0 Å². The predicted molar refractivity (Wildman–Crippen MR) is 154 cm³/mol. The molecule has 0 N–H and O–H groups in total. The minimum absolute atomic E-state index is 0.396. The second kappa shape index (κ2) is 11.2. The second-order valence-corrected chi connectivity index (χ2v) is 11.0. The first kappa shape index (κ1) is 25.0. The van der Waals surface area contributed by atoms with Crippen molar-refractivity contribution in [2.75, 3.05) is 44.8 Å². The Labute approximate surface area is 226 Å². The molecule has 2 fully saturated rings. The van der Waals surface area contributed by atoms with Crippen LogP contribution in [0.2, 0.25) is 0 Å². The van der Waals surface area contributed by atoms with Crippen molar-refractivity contribution >= 4 is 18.2 Å².